The minimum atomic E-state index is -0.247. The van der Waals surface area contributed by atoms with E-state index in [4.69, 9.17) is 6.42 Å². The molecule has 2 atom stereocenters. The van der Waals surface area contributed by atoms with Crippen LogP contribution in [0.1, 0.15) is 18.4 Å². The number of hydrogen-bond acceptors (Lipinski definition) is 1. The normalized spacial score (nSPS) is 14.6. The highest BCUT2D eigenvalue weighted by molar-refractivity contribution is 6.28. The van der Waals surface area contributed by atoms with Crippen LogP contribution in [0, 0.1) is 12.3 Å². The summed E-state index contributed by atoms with van der Waals surface area (Å²) >= 11 is 0. The number of allylic oxidation sites excluding steroid dienone is 1. The number of para-hydroxylation sites is 8. The molecule has 2 unspecified atom stereocenters. The number of nitrogens with zero attached hydrogens (tertiary/aromatic N) is 6. The third-order valence-corrected chi connectivity index (χ3v) is 18.3. The van der Waals surface area contributed by atoms with Gasteiger partial charge in [-0.25, -0.2) is 0 Å². The Kier molecular flexibility index (Phi) is 10.1. The summed E-state index contributed by atoms with van der Waals surface area (Å²) in [5.74, 6) is 3.30. The van der Waals surface area contributed by atoms with E-state index in [1.54, 1.807) is 0 Å². The first-order valence-corrected chi connectivity index (χ1v) is 29.3. The first-order valence-electron chi connectivity index (χ1n) is 29.3. The fraction of sp³-hybridized carbons (Fsp3) is 0.0380. The van der Waals surface area contributed by atoms with Gasteiger partial charge in [-0.2, -0.15) is 0 Å². The molecule has 6 heteroatoms. The molecule has 398 valence electrons. The topological polar surface area (TPSA) is 27.9 Å². The average Bonchev–Trinajstić information content (AvgIpc) is 1.78. The van der Waals surface area contributed by atoms with Gasteiger partial charge in [-0.1, -0.05) is 182 Å². The first-order chi connectivity index (χ1) is 42.1. The summed E-state index contributed by atoms with van der Waals surface area (Å²) in [7, 11) is 0. The number of rotatable bonds is 7. The van der Waals surface area contributed by atoms with Crippen LogP contribution in [0.2, 0.25) is 0 Å². The molecular formula is C79H52N6. The van der Waals surface area contributed by atoms with Gasteiger partial charge in [0.05, 0.1) is 66.5 Å². The van der Waals surface area contributed by atoms with Crippen molar-refractivity contribution in [3.63, 3.8) is 0 Å². The van der Waals surface area contributed by atoms with Crippen molar-refractivity contribution in [2.24, 2.45) is 0 Å². The Morgan fingerprint density at radius 2 is 0.694 bits per heavy atom. The second-order valence-corrected chi connectivity index (χ2v) is 22.6. The van der Waals surface area contributed by atoms with E-state index in [0.29, 0.717) is 0 Å². The number of benzene rings is 12. The Morgan fingerprint density at radius 1 is 0.318 bits per heavy atom. The minimum Gasteiger partial charge on any atom is -0.326 e. The number of aromatic nitrogens is 5. The molecule has 0 saturated carbocycles. The van der Waals surface area contributed by atoms with Crippen molar-refractivity contribution in [1.29, 1.82) is 0 Å². The highest BCUT2D eigenvalue weighted by atomic mass is 15.2. The molecule has 0 N–H and O–H groups in total. The van der Waals surface area contributed by atoms with Crippen LogP contribution in [0.4, 0.5) is 11.4 Å². The van der Waals surface area contributed by atoms with E-state index in [2.05, 4.69) is 320 Å². The molecule has 0 bridgehead atoms. The summed E-state index contributed by atoms with van der Waals surface area (Å²) < 4.78 is 12.4. The van der Waals surface area contributed by atoms with Crippen molar-refractivity contribution < 1.29 is 0 Å². The average molecular weight is 1090 g/mol. The number of terminal acetylenes is 1. The SMILES string of the molecule is C#CC1C(/C=C\C)c2ccccc2N1c1cc(-n2c3ccccc3c3ccccc32)cc(-n2c3ccccc3c3c2ccc2c4ccccc4n(-c4cccc(-n5c6ccccc6c6c5ccc5c7ccccc7n(-c7ccccc7)c56)c4)c23)c1. The molecule has 6 nitrogen and oxygen atoms in total. The monoisotopic (exact) mass is 1080 g/mol. The van der Waals surface area contributed by atoms with Crippen LogP contribution in [0.15, 0.2) is 279 Å². The largest absolute Gasteiger partial charge is 0.326 e. The maximum Gasteiger partial charge on any atom is 0.105 e. The van der Waals surface area contributed by atoms with Crippen molar-refractivity contribution in [2.45, 2.75) is 18.9 Å². The predicted molar refractivity (Wildman–Crippen MR) is 357 cm³/mol. The van der Waals surface area contributed by atoms with E-state index in [1.165, 1.54) is 70.5 Å². The maximum atomic E-state index is 6.68. The number of fused-ring (bicyclic) bond motifs is 18. The molecule has 0 spiro atoms. The quantitative estimate of drug-likeness (QED) is 0.115. The van der Waals surface area contributed by atoms with Crippen LogP contribution < -0.4 is 4.90 Å². The molecule has 18 rings (SSSR count). The van der Waals surface area contributed by atoms with Gasteiger partial charge in [0.1, 0.15) is 6.04 Å². The van der Waals surface area contributed by atoms with Crippen LogP contribution in [0.3, 0.4) is 0 Å². The Labute approximate surface area is 489 Å². The summed E-state index contributed by atoms with van der Waals surface area (Å²) in [4.78, 5) is 2.40. The molecule has 1 aliphatic rings. The zero-order chi connectivity index (χ0) is 56.0. The van der Waals surface area contributed by atoms with Crippen LogP contribution in [0.25, 0.3) is 137 Å². The zero-order valence-electron chi connectivity index (χ0n) is 46.5. The second-order valence-electron chi connectivity index (χ2n) is 22.6. The molecule has 0 aliphatic carbocycles. The molecule has 5 aromatic heterocycles. The second kappa shape index (κ2) is 18.1. The Hall–Kier alpha value is -11.3. The van der Waals surface area contributed by atoms with Gasteiger partial charge < -0.3 is 27.7 Å². The van der Waals surface area contributed by atoms with Gasteiger partial charge >= 0.3 is 0 Å². The lowest BCUT2D eigenvalue weighted by Gasteiger charge is -2.27. The highest BCUT2D eigenvalue weighted by Gasteiger charge is 2.37. The lowest BCUT2D eigenvalue weighted by Crippen LogP contribution is -2.28. The fourth-order valence-electron chi connectivity index (χ4n) is 15.0. The van der Waals surface area contributed by atoms with Crippen LogP contribution in [0.5, 0.6) is 0 Å². The molecule has 1 aliphatic heterocycles. The van der Waals surface area contributed by atoms with Crippen LogP contribution in [-0.2, 0) is 0 Å². The lowest BCUT2D eigenvalue weighted by atomic mass is 9.95. The summed E-state index contributed by atoms with van der Waals surface area (Å²) in [6, 6.07) is 98.1. The van der Waals surface area contributed by atoms with Gasteiger partial charge in [0.25, 0.3) is 0 Å². The summed E-state index contributed by atoms with van der Waals surface area (Å²) in [5, 5.41) is 12.1. The molecule has 12 aromatic carbocycles. The molecule has 6 heterocycles. The standard InChI is InChI=1S/C79H52N6/c1-3-23-56-57-28-8-15-35-67(57)81(66(56)4-2)53-47-54(82-68-36-16-9-29-58(68)59-30-10-17-37-69(59)82)49-55(48-53)83-73-41-21-14-34-65(73)77-75(83)45-43-63-61-32-12-19-39-71(61)85(79(63)77)52-27-22-26-51(46-52)80-72-40-20-13-33-64(72)76-74(80)44-42-62-60-31-11-18-38-70(60)84(78(62)76)50-24-6-5-7-25-50/h2-3,5-49,56,66H,1H3/b23-3-. The van der Waals surface area contributed by atoms with E-state index in [-0.39, 0.29) is 12.0 Å². The van der Waals surface area contributed by atoms with Crippen molar-refractivity contribution in [1.82, 2.24) is 22.8 Å². The molecular weight excluding hydrogens is 1030 g/mol. The van der Waals surface area contributed by atoms with E-state index in [9.17, 15) is 0 Å². The first kappa shape index (κ1) is 47.4. The predicted octanol–water partition coefficient (Wildman–Crippen LogP) is 20.0. The van der Waals surface area contributed by atoms with Gasteiger partial charge in [0, 0.05) is 88.2 Å². The molecule has 17 aromatic rings. The van der Waals surface area contributed by atoms with Crippen LogP contribution >= 0.6 is 0 Å². The zero-order valence-corrected chi connectivity index (χ0v) is 46.5. The summed E-state index contributed by atoms with van der Waals surface area (Å²) in [6.07, 6.45) is 11.1. The molecule has 0 amide bonds. The Balaban J connectivity index is 0.901. The van der Waals surface area contributed by atoms with E-state index >= 15 is 0 Å². The van der Waals surface area contributed by atoms with Gasteiger partial charge in [0.15, 0.2) is 0 Å². The highest BCUT2D eigenvalue weighted by Crippen LogP contribution is 2.49. The van der Waals surface area contributed by atoms with Gasteiger partial charge in [0.2, 0.25) is 0 Å². The fourth-order valence-corrected chi connectivity index (χ4v) is 15.0. The smallest absolute Gasteiger partial charge is 0.105 e. The van der Waals surface area contributed by atoms with E-state index in [1.807, 2.05) is 0 Å². The van der Waals surface area contributed by atoms with Crippen molar-refractivity contribution >= 4 is 120 Å². The third-order valence-electron chi connectivity index (χ3n) is 18.3. The van der Waals surface area contributed by atoms with Gasteiger partial charge in [-0.3, -0.25) is 0 Å². The Bertz CT molecular complexity index is 5680. The minimum absolute atomic E-state index is 0.0204. The third kappa shape index (κ3) is 6.61. The lowest BCUT2D eigenvalue weighted by molar-refractivity contribution is 0.773. The molecule has 0 radical (unpaired) electrons. The van der Waals surface area contributed by atoms with Crippen molar-refractivity contribution in [3.8, 4) is 40.8 Å². The van der Waals surface area contributed by atoms with Crippen molar-refractivity contribution in [3.05, 3.63) is 285 Å². The van der Waals surface area contributed by atoms with Crippen molar-refractivity contribution in [2.75, 3.05) is 4.90 Å². The van der Waals surface area contributed by atoms with Gasteiger partial charge in [-0.05, 0) is 116 Å². The Morgan fingerprint density at radius 3 is 1.22 bits per heavy atom. The maximum absolute atomic E-state index is 6.68. The van der Waals surface area contributed by atoms with Crippen LogP contribution in [-0.4, -0.2) is 28.9 Å². The van der Waals surface area contributed by atoms with Gasteiger partial charge in [-0.15, -0.1) is 6.42 Å². The molecule has 0 fully saturated rings. The number of hydrogen-bond donors (Lipinski definition) is 0. The van der Waals surface area contributed by atoms with E-state index < -0.39 is 0 Å². The molecule has 0 saturated heterocycles. The van der Waals surface area contributed by atoms with E-state index in [0.717, 1.165) is 83.9 Å². The number of anilines is 2. The summed E-state index contributed by atoms with van der Waals surface area (Å²) in [5.41, 5.74) is 20.3. The summed E-state index contributed by atoms with van der Waals surface area (Å²) in [6.45, 7) is 2.09. The molecule has 85 heavy (non-hydrogen) atoms.